The Kier molecular flexibility index (Phi) is 15.7. The van der Waals surface area contributed by atoms with Crippen LogP contribution < -0.4 is 26.2 Å². The Balaban J connectivity index is 0.611. The van der Waals surface area contributed by atoms with Crippen molar-refractivity contribution in [2.24, 2.45) is 11.3 Å². The van der Waals surface area contributed by atoms with Crippen molar-refractivity contribution in [3.8, 4) is 0 Å². The Morgan fingerprint density at radius 1 is 0.904 bits per heavy atom. The van der Waals surface area contributed by atoms with Gasteiger partial charge >= 0.3 is 6.09 Å². The highest BCUT2D eigenvalue weighted by Gasteiger charge is 2.49. The van der Waals surface area contributed by atoms with Crippen LogP contribution in [-0.2, 0) is 37.0 Å². The zero-order valence-electron chi connectivity index (χ0n) is 42.6. The van der Waals surface area contributed by atoms with Crippen LogP contribution in [0.4, 0.5) is 16.3 Å². The standard InChI is InChI=1S/C55H70N10O7S/c1-53(2,3)72-52(71)61-54(4)21-25-63(26-22-54)45-31-57-48(32-56-45)73-42-11-9-10-40(29-42)59-46(66)12-7-5-6-8-24-62-34-55(35-62)23-27-64(36-55)41-16-14-38(15-17-41)49(68)58-30-37-13-18-43-39(28-37)33-65(51(43)70)44-19-20-47(67)60-50(44)69/h9-11,13,18,21-22,25-26,28-29,31-32,38,41,44H,5-8,12,14-17,19-20,23-24,27,30,33-36H2,1-4H3,(H,58,68)(H,59,66)(H,61,71)(H,60,67,69). The van der Waals surface area contributed by atoms with Crippen molar-refractivity contribution in [1.29, 1.82) is 0 Å². The summed E-state index contributed by atoms with van der Waals surface area (Å²) in [7, 11) is 0. The first kappa shape index (κ1) is 51.8. The van der Waals surface area contributed by atoms with Gasteiger partial charge in [-0.3, -0.25) is 34.2 Å². The van der Waals surface area contributed by atoms with Crippen LogP contribution in [0.1, 0.15) is 126 Å². The molecule has 17 nitrogen and oxygen atoms in total. The molecule has 3 saturated heterocycles. The molecule has 6 aliphatic rings. The number of nitrogens with zero attached hydrogens (tertiary/aromatic N) is 6. The number of amides is 6. The Morgan fingerprint density at radius 3 is 2.42 bits per heavy atom. The normalized spacial score (nSPS) is 22.5. The number of fused-ring (bicyclic) bond motifs is 1. The highest BCUT2D eigenvalue weighted by molar-refractivity contribution is 7.99. The highest BCUT2D eigenvalue weighted by Crippen LogP contribution is 2.42. The van der Waals surface area contributed by atoms with Crippen molar-refractivity contribution in [2.75, 3.05) is 42.9 Å². The van der Waals surface area contributed by atoms with Crippen LogP contribution in [0.5, 0.6) is 0 Å². The zero-order chi connectivity index (χ0) is 51.3. The molecule has 18 heteroatoms. The molecule has 1 aromatic heterocycles. The lowest BCUT2D eigenvalue weighted by Crippen LogP contribution is -2.58. The molecule has 4 N–H and O–H groups in total. The first-order chi connectivity index (χ1) is 35.0. The predicted molar refractivity (Wildman–Crippen MR) is 278 cm³/mol. The molecular formula is C55H70N10O7S. The average molecular weight is 1020 g/mol. The largest absolute Gasteiger partial charge is 0.444 e. The number of aromatic nitrogens is 2. The third-order valence-electron chi connectivity index (χ3n) is 15.0. The second kappa shape index (κ2) is 22.2. The maximum Gasteiger partial charge on any atom is 0.408 e. The lowest BCUT2D eigenvalue weighted by atomic mass is 9.78. The zero-order valence-corrected chi connectivity index (χ0v) is 43.4. The van der Waals surface area contributed by atoms with E-state index in [0.717, 1.165) is 111 Å². The summed E-state index contributed by atoms with van der Waals surface area (Å²) < 4.78 is 5.40. The summed E-state index contributed by atoms with van der Waals surface area (Å²) in [6, 6.07) is 13.3. The number of benzene rings is 2. The number of hydrogen-bond acceptors (Lipinski definition) is 13. The topological polar surface area (TPSA) is 199 Å². The van der Waals surface area contributed by atoms with Crippen LogP contribution in [0.3, 0.4) is 0 Å². The Bertz CT molecular complexity index is 2610. The van der Waals surface area contributed by atoms with Crippen molar-refractivity contribution in [3.63, 3.8) is 0 Å². The Labute approximate surface area is 432 Å². The molecule has 1 aliphatic carbocycles. The van der Waals surface area contributed by atoms with E-state index in [-0.39, 0.29) is 36.0 Å². The third kappa shape index (κ3) is 13.2. The van der Waals surface area contributed by atoms with Crippen molar-refractivity contribution in [2.45, 2.75) is 151 Å². The SMILES string of the molecule is CC1(NC(=O)OC(C)(C)C)C=CN(c2cnc(Sc3cccc(NC(=O)CCCCCCN4CC5(CCN(C6CCC(C(=O)NCc7ccc8c(c7)CN(C7CCC(=O)NC7=O)C8=O)CC6)C5)C4)c3)cn2)C=C1. The first-order valence-corrected chi connectivity index (χ1v) is 26.9. The van der Waals surface area contributed by atoms with E-state index in [4.69, 9.17) is 4.74 Å². The van der Waals surface area contributed by atoms with E-state index < -0.39 is 29.2 Å². The second-order valence-electron chi connectivity index (χ2n) is 22.0. The minimum Gasteiger partial charge on any atom is -0.444 e. The number of anilines is 2. The number of hydrogen-bond donors (Lipinski definition) is 4. The van der Waals surface area contributed by atoms with Crippen LogP contribution in [0.25, 0.3) is 0 Å². The molecule has 9 rings (SSSR count). The fourth-order valence-corrected chi connectivity index (χ4v) is 11.9. The number of rotatable bonds is 17. The summed E-state index contributed by atoms with van der Waals surface area (Å²) in [5.74, 6) is -0.154. The molecule has 6 heterocycles. The van der Waals surface area contributed by atoms with Gasteiger partial charge in [0, 0.05) is 91.5 Å². The minimum absolute atomic E-state index is 0.0103. The maximum atomic E-state index is 13.3. The molecule has 6 amide bonds. The molecule has 5 aliphatic heterocycles. The molecule has 3 aromatic rings. The number of ether oxygens (including phenoxy) is 1. The number of unbranched alkanes of at least 4 members (excludes halogenated alkanes) is 3. The smallest absolute Gasteiger partial charge is 0.408 e. The minimum atomic E-state index is -0.699. The molecule has 0 radical (unpaired) electrons. The van der Waals surface area contributed by atoms with Crippen LogP contribution in [-0.4, -0.2) is 116 Å². The lowest BCUT2D eigenvalue weighted by Gasteiger charge is -2.49. The van der Waals surface area contributed by atoms with E-state index in [9.17, 15) is 28.8 Å². The van der Waals surface area contributed by atoms with Crippen molar-refractivity contribution in [3.05, 3.63) is 96.1 Å². The summed E-state index contributed by atoms with van der Waals surface area (Å²) in [5.41, 5.74) is 2.22. The van der Waals surface area contributed by atoms with Crippen LogP contribution in [0.2, 0.25) is 0 Å². The van der Waals surface area contributed by atoms with E-state index in [0.29, 0.717) is 48.8 Å². The Hall–Kier alpha value is -6.11. The van der Waals surface area contributed by atoms with Crippen molar-refractivity contribution < 1.29 is 33.5 Å². The maximum absolute atomic E-state index is 13.3. The third-order valence-corrected chi connectivity index (χ3v) is 15.9. The molecule has 1 saturated carbocycles. The number of piperidine rings is 1. The number of imide groups is 1. The molecule has 1 atom stereocenters. The highest BCUT2D eigenvalue weighted by atomic mass is 32.2. The number of nitrogens with one attached hydrogen (secondary N) is 4. The van der Waals surface area contributed by atoms with Gasteiger partial charge in [-0.15, -0.1) is 0 Å². The fourth-order valence-electron chi connectivity index (χ4n) is 11.2. The van der Waals surface area contributed by atoms with Crippen molar-refractivity contribution in [1.82, 2.24) is 40.6 Å². The van der Waals surface area contributed by atoms with Gasteiger partial charge in [0.1, 0.15) is 16.7 Å². The van der Waals surface area contributed by atoms with Crippen LogP contribution in [0, 0.1) is 11.3 Å². The summed E-state index contributed by atoms with van der Waals surface area (Å²) in [4.78, 5) is 94.4. The number of carbonyl (C=O) groups excluding carboxylic acids is 6. The van der Waals surface area contributed by atoms with E-state index in [1.165, 1.54) is 18.2 Å². The van der Waals surface area contributed by atoms with Gasteiger partial charge < -0.3 is 35.4 Å². The number of likely N-dealkylation sites (tertiary alicyclic amines) is 2. The lowest BCUT2D eigenvalue weighted by molar-refractivity contribution is -0.137. The summed E-state index contributed by atoms with van der Waals surface area (Å²) >= 11 is 1.47. The Morgan fingerprint density at radius 2 is 1.68 bits per heavy atom. The molecule has 388 valence electrons. The summed E-state index contributed by atoms with van der Waals surface area (Å²) in [5, 5.41) is 12.2. The summed E-state index contributed by atoms with van der Waals surface area (Å²) in [6.07, 6.45) is 20.6. The molecular weight excluding hydrogens is 945 g/mol. The quantitative estimate of drug-likeness (QED) is 0.0778. The predicted octanol–water partition coefficient (Wildman–Crippen LogP) is 7.29. The first-order valence-electron chi connectivity index (χ1n) is 26.1. The fraction of sp³-hybridized carbons (Fsp3) is 0.527. The molecule has 1 unspecified atom stereocenters. The van der Waals surface area contributed by atoms with Gasteiger partial charge in [-0.05, 0) is 140 Å². The number of alkyl carbamates (subject to hydrolysis) is 1. The molecule has 2 aromatic carbocycles. The van der Waals surface area contributed by atoms with Crippen LogP contribution >= 0.6 is 11.8 Å². The van der Waals surface area contributed by atoms with E-state index >= 15 is 0 Å². The summed E-state index contributed by atoms with van der Waals surface area (Å²) in [6.45, 7) is 13.8. The monoisotopic (exact) mass is 1010 g/mol. The van der Waals surface area contributed by atoms with Gasteiger partial charge in [0.15, 0.2) is 5.82 Å². The molecule has 0 bridgehead atoms. The number of carbonyl (C=O) groups is 6. The van der Waals surface area contributed by atoms with Crippen molar-refractivity contribution >= 4 is 58.9 Å². The molecule has 4 fully saturated rings. The van der Waals surface area contributed by atoms with Gasteiger partial charge in [-0.2, -0.15) is 0 Å². The average Bonchev–Trinajstić information content (AvgIpc) is 3.93. The van der Waals surface area contributed by atoms with Gasteiger partial charge in [0.25, 0.3) is 5.91 Å². The van der Waals surface area contributed by atoms with Gasteiger partial charge in [-0.25, -0.2) is 14.8 Å². The van der Waals surface area contributed by atoms with E-state index in [2.05, 4.69) is 41.0 Å². The van der Waals surface area contributed by atoms with Gasteiger partial charge in [0.05, 0.1) is 17.9 Å². The second-order valence-corrected chi connectivity index (χ2v) is 23.1. The van der Waals surface area contributed by atoms with E-state index in [1.807, 2.05) is 93.5 Å². The molecule has 73 heavy (non-hydrogen) atoms. The van der Waals surface area contributed by atoms with Gasteiger partial charge in [-0.1, -0.05) is 42.8 Å². The van der Waals surface area contributed by atoms with Gasteiger partial charge in [0.2, 0.25) is 23.6 Å². The van der Waals surface area contributed by atoms with Crippen LogP contribution in [0.15, 0.2) is 89.3 Å². The van der Waals surface area contributed by atoms with E-state index in [1.54, 1.807) is 23.4 Å². The molecule has 1 spiro atoms.